The summed E-state index contributed by atoms with van der Waals surface area (Å²) < 4.78 is 13.2. The van der Waals surface area contributed by atoms with Gasteiger partial charge < -0.3 is 4.98 Å². The van der Waals surface area contributed by atoms with E-state index in [4.69, 9.17) is 0 Å². The van der Waals surface area contributed by atoms with Gasteiger partial charge in [0.15, 0.2) is 0 Å². The molecule has 15 heavy (non-hydrogen) atoms. The Labute approximate surface area is 82.6 Å². The third-order valence-electron chi connectivity index (χ3n) is 1.87. The minimum absolute atomic E-state index is 0.0419. The monoisotopic (exact) mass is 207 g/mol. The van der Waals surface area contributed by atoms with Crippen molar-refractivity contribution in [3.8, 4) is 11.1 Å². The molecule has 0 radical (unpaired) electrons. The van der Waals surface area contributed by atoms with E-state index in [9.17, 15) is 14.0 Å². The molecular weight excluding hydrogens is 201 g/mol. The Hall–Kier alpha value is -2.24. The molecule has 0 bridgehead atoms. The number of nitrogens with zero attached hydrogens (tertiary/aromatic N) is 1. The van der Waals surface area contributed by atoms with E-state index in [0.717, 1.165) is 6.20 Å². The Morgan fingerprint density at radius 3 is 2.73 bits per heavy atom. The lowest BCUT2D eigenvalue weighted by molar-refractivity contribution is 0.587. The lowest BCUT2D eigenvalue weighted by Gasteiger charge is -1.99. The zero-order valence-corrected chi connectivity index (χ0v) is 7.45. The number of hydrogen-bond acceptors (Lipinski definition) is 3. The number of nitrogens with one attached hydrogen (secondary N) is 2. The molecule has 0 fully saturated rings. The summed E-state index contributed by atoms with van der Waals surface area (Å²) in [6.07, 6.45) is 2.43. The Morgan fingerprint density at radius 2 is 2.07 bits per heavy atom. The van der Waals surface area contributed by atoms with Crippen molar-refractivity contribution in [1.82, 2.24) is 15.0 Å². The highest BCUT2D eigenvalue weighted by molar-refractivity contribution is 5.60. The van der Waals surface area contributed by atoms with Crippen LogP contribution in [0.2, 0.25) is 0 Å². The van der Waals surface area contributed by atoms with Crippen molar-refractivity contribution in [2.24, 2.45) is 0 Å². The highest BCUT2D eigenvalue weighted by atomic mass is 19.1. The molecule has 2 heterocycles. The van der Waals surface area contributed by atoms with Crippen molar-refractivity contribution < 1.29 is 4.39 Å². The van der Waals surface area contributed by atoms with Gasteiger partial charge >= 0.3 is 5.69 Å². The van der Waals surface area contributed by atoms with Crippen LogP contribution in [0.3, 0.4) is 0 Å². The summed E-state index contributed by atoms with van der Waals surface area (Å²) in [6, 6.07) is 2.91. The molecule has 0 atom stereocenters. The third kappa shape index (κ3) is 1.69. The number of H-pyrrole nitrogens is 2. The fourth-order valence-corrected chi connectivity index (χ4v) is 1.20. The van der Waals surface area contributed by atoms with Gasteiger partial charge in [0, 0.05) is 18.0 Å². The number of aromatic amines is 2. The number of hydrogen-bond donors (Lipinski definition) is 2. The van der Waals surface area contributed by atoms with Crippen molar-refractivity contribution in [2.45, 2.75) is 0 Å². The summed E-state index contributed by atoms with van der Waals surface area (Å²) in [7, 11) is 0. The molecule has 0 aliphatic heterocycles. The first-order valence-corrected chi connectivity index (χ1v) is 4.11. The van der Waals surface area contributed by atoms with Crippen LogP contribution in [0.1, 0.15) is 0 Å². The van der Waals surface area contributed by atoms with Crippen LogP contribution in [-0.2, 0) is 0 Å². The number of rotatable bonds is 1. The molecule has 6 heteroatoms. The van der Waals surface area contributed by atoms with E-state index >= 15 is 0 Å². The lowest BCUT2D eigenvalue weighted by atomic mass is 10.1. The number of pyridine rings is 1. The molecule has 0 spiro atoms. The van der Waals surface area contributed by atoms with E-state index < -0.39 is 17.2 Å². The van der Waals surface area contributed by atoms with E-state index in [2.05, 4.69) is 9.97 Å². The normalized spacial score (nSPS) is 10.2. The Kier molecular flexibility index (Phi) is 2.17. The number of aromatic nitrogens is 3. The van der Waals surface area contributed by atoms with E-state index in [-0.39, 0.29) is 11.1 Å². The average Bonchev–Trinajstić information content (AvgIpc) is 2.20. The molecule has 2 rings (SSSR count). The van der Waals surface area contributed by atoms with Crippen LogP contribution in [0.25, 0.3) is 11.1 Å². The predicted molar refractivity (Wildman–Crippen MR) is 50.9 cm³/mol. The zero-order chi connectivity index (χ0) is 10.8. The first-order chi connectivity index (χ1) is 7.18. The molecule has 0 unspecified atom stereocenters. The van der Waals surface area contributed by atoms with Gasteiger partial charge in [-0.1, -0.05) is 0 Å². The fourth-order valence-electron chi connectivity index (χ4n) is 1.20. The standard InChI is InChI=1S/C9H6FN3O2/c10-7-5(2-1-3-11-7)6-4-12-9(15)13-8(6)14/h1-4H,(H2,12,13,14,15). The van der Waals surface area contributed by atoms with Crippen LogP contribution < -0.4 is 11.2 Å². The van der Waals surface area contributed by atoms with Crippen molar-refractivity contribution in [2.75, 3.05) is 0 Å². The Bertz CT molecular complexity index is 603. The Morgan fingerprint density at radius 1 is 1.27 bits per heavy atom. The maximum atomic E-state index is 13.2. The summed E-state index contributed by atoms with van der Waals surface area (Å²) >= 11 is 0. The van der Waals surface area contributed by atoms with Crippen molar-refractivity contribution in [1.29, 1.82) is 0 Å². The molecule has 0 saturated heterocycles. The Balaban J connectivity index is 2.70. The average molecular weight is 207 g/mol. The fraction of sp³-hybridized carbons (Fsp3) is 0. The molecule has 76 valence electrons. The lowest BCUT2D eigenvalue weighted by Crippen LogP contribution is -2.22. The molecular formula is C9H6FN3O2. The van der Waals surface area contributed by atoms with Crippen LogP contribution in [-0.4, -0.2) is 15.0 Å². The van der Waals surface area contributed by atoms with Gasteiger partial charge in [0.2, 0.25) is 5.95 Å². The van der Waals surface area contributed by atoms with E-state index in [1.165, 1.54) is 18.3 Å². The SMILES string of the molecule is O=c1[nH]cc(-c2cccnc2F)c(=O)[nH]1. The molecule has 2 aromatic rings. The molecule has 2 N–H and O–H groups in total. The summed E-state index contributed by atoms with van der Waals surface area (Å²) in [6.45, 7) is 0. The predicted octanol–water partition coefficient (Wildman–Crippen LogP) is 0.264. The summed E-state index contributed by atoms with van der Waals surface area (Å²) in [4.78, 5) is 29.7. The molecule has 0 aliphatic carbocycles. The maximum Gasteiger partial charge on any atom is 0.325 e. The molecule has 2 aromatic heterocycles. The van der Waals surface area contributed by atoms with Gasteiger partial charge in [0.25, 0.3) is 5.56 Å². The maximum absolute atomic E-state index is 13.2. The smallest absolute Gasteiger partial charge is 0.313 e. The second-order valence-electron chi connectivity index (χ2n) is 2.83. The highest BCUT2D eigenvalue weighted by Crippen LogP contribution is 2.14. The quantitative estimate of drug-likeness (QED) is 0.658. The van der Waals surface area contributed by atoms with Gasteiger partial charge in [-0.25, -0.2) is 9.78 Å². The minimum Gasteiger partial charge on any atom is -0.313 e. The summed E-state index contributed by atoms with van der Waals surface area (Å²) in [5, 5.41) is 0. The van der Waals surface area contributed by atoms with Crippen LogP contribution in [0.15, 0.2) is 34.1 Å². The van der Waals surface area contributed by atoms with Gasteiger partial charge in [0.1, 0.15) is 0 Å². The topological polar surface area (TPSA) is 78.6 Å². The first-order valence-electron chi connectivity index (χ1n) is 4.11. The minimum atomic E-state index is -0.755. The second kappa shape index (κ2) is 3.49. The summed E-state index contributed by atoms with van der Waals surface area (Å²) in [5.74, 6) is -0.755. The van der Waals surface area contributed by atoms with Crippen LogP contribution in [0.4, 0.5) is 4.39 Å². The van der Waals surface area contributed by atoms with E-state index in [1.807, 2.05) is 4.98 Å². The number of halogens is 1. The van der Waals surface area contributed by atoms with Gasteiger partial charge in [-0.05, 0) is 12.1 Å². The zero-order valence-electron chi connectivity index (χ0n) is 7.45. The van der Waals surface area contributed by atoms with Crippen LogP contribution in [0.5, 0.6) is 0 Å². The van der Waals surface area contributed by atoms with Gasteiger partial charge in [0.05, 0.1) is 5.56 Å². The van der Waals surface area contributed by atoms with E-state index in [1.54, 1.807) is 0 Å². The van der Waals surface area contributed by atoms with Crippen molar-refractivity contribution in [3.63, 3.8) is 0 Å². The molecule has 0 aliphatic rings. The van der Waals surface area contributed by atoms with E-state index in [0.29, 0.717) is 0 Å². The third-order valence-corrected chi connectivity index (χ3v) is 1.87. The van der Waals surface area contributed by atoms with Crippen molar-refractivity contribution in [3.05, 3.63) is 51.3 Å². The molecule has 0 amide bonds. The van der Waals surface area contributed by atoms with Crippen molar-refractivity contribution >= 4 is 0 Å². The first kappa shape index (κ1) is 9.32. The largest absolute Gasteiger partial charge is 0.325 e. The molecule has 5 nitrogen and oxygen atoms in total. The van der Waals surface area contributed by atoms with Crippen LogP contribution in [0, 0.1) is 5.95 Å². The highest BCUT2D eigenvalue weighted by Gasteiger charge is 2.08. The van der Waals surface area contributed by atoms with Gasteiger partial charge in [-0.3, -0.25) is 9.78 Å². The second-order valence-corrected chi connectivity index (χ2v) is 2.83. The molecule has 0 aromatic carbocycles. The van der Waals surface area contributed by atoms with Crippen LogP contribution >= 0.6 is 0 Å². The van der Waals surface area contributed by atoms with Gasteiger partial charge in [-0.2, -0.15) is 4.39 Å². The van der Waals surface area contributed by atoms with Gasteiger partial charge in [-0.15, -0.1) is 0 Å². The molecule has 0 saturated carbocycles. The summed E-state index contributed by atoms with van der Waals surface area (Å²) in [5.41, 5.74) is -1.19.